The molecule has 58 heavy (non-hydrogen) atoms. The first kappa shape index (κ1) is 35.1. The lowest BCUT2D eigenvalue weighted by atomic mass is 9.92. The smallest absolute Gasteiger partial charge is 0.340 e. The van der Waals surface area contributed by atoms with Gasteiger partial charge in [-0.15, -0.1) is 0 Å². The summed E-state index contributed by atoms with van der Waals surface area (Å²) in [5, 5.41) is 3.76. The second-order valence-corrected chi connectivity index (χ2v) is 14.2. The third kappa shape index (κ3) is 5.14. The van der Waals surface area contributed by atoms with Crippen molar-refractivity contribution < 1.29 is 27.8 Å². The summed E-state index contributed by atoms with van der Waals surface area (Å²) in [6, 6.07) is 44.0. The van der Waals surface area contributed by atoms with E-state index in [4.69, 9.17) is 9.47 Å². The fourth-order valence-electron chi connectivity index (χ4n) is 8.83. The maximum Gasteiger partial charge on any atom is 0.340 e. The number of ether oxygens (including phenoxy) is 2. The maximum absolute atomic E-state index is 14.9. The summed E-state index contributed by atoms with van der Waals surface area (Å²) >= 11 is 0. The van der Waals surface area contributed by atoms with Crippen molar-refractivity contribution in [1.82, 2.24) is 8.97 Å². The molecule has 0 saturated heterocycles. The van der Waals surface area contributed by atoms with Crippen molar-refractivity contribution in [3.05, 3.63) is 168 Å². The van der Waals surface area contributed by atoms with Crippen LogP contribution in [0.1, 0.15) is 34.6 Å². The van der Waals surface area contributed by atoms with Crippen molar-refractivity contribution >= 4 is 60.9 Å². The molecular formula is C50H34F2N2O4. The van der Waals surface area contributed by atoms with Gasteiger partial charge in [0, 0.05) is 32.7 Å². The molecule has 282 valence electrons. The highest BCUT2D eigenvalue weighted by Gasteiger charge is 2.34. The molecule has 0 aliphatic rings. The molecule has 0 bridgehead atoms. The Labute approximate surface area is 331 Å². The zero-order chi connectivity index (χ0) is 39.7. The van der Waals surface area contributed by atoms with Gasteiger partial charge in [0.15, 0.2) is 0 Å². The SMILES string of the molecule is CCOC(=O)c1c(-c2ccccc2)n(-c2c(-c3ccc(F)cc3)c3cccc4c(C(=O)OCC)c5c6ccccc6c(-c6ccc(F)cc6)c2n5c34)c2ccccc12. The van der Waals surface area contributed by atoms with E-state index in [1.807, 2.05) is 97.1 Å². The Morgan fingerprint density at radius 3 is 1.67 bits per heavy atom. The van der Waals surface area contributed by atoms with Gasteiger partial charge in [-0.1, -0.05) is 115 Å². The van der Waals surface area contributed by atoms with Crippen LogP contribution in [0.3, 0.4) is 0 Å². The highest BCUT2D eigenvalue weighted by molar-refractivity contribution is 6.28. The lowest BCUT2D eigenvalue weighted by molar-refractivity contribution is 0.0520. The molecule has 0 atom stereocenters. The van der Waals surface area contributed by atoms with E-state index >= 15 is 0 Å². The average molecular weight is 765 g/mol. The van der Waals surface area contributed by atoms with Crippen LogP contribution in [0.5, 0.6) is 0 Å². The Kier molecular flexibility index (Phi) is 8.30. The number of nitrogens with zero attached hydrogens (tertiary/aromatic N) is 2. The van der Waals surface area contributed by atoms with E-state index in [1.54, 1.807) is 38.1 Å². The van der Waals surface area contributed by atoms with E-state index in [0.29, 0.717) is 49.9 Å². The molecule has 10 aromatic rings. The lowest BCUT2D eigenvalue weighted by Crippen LogP contribution is -2.10. The van der Waals surface area contributed by atoms with E-state index in [9.17, 15) is 18.4 Å². The summed E-state index contributed by atoms with van der Waals surface area (Å²) in [6.45, 7) is 3.91. The number of halogens is 2. The van der Waals surface area contributed by atoms with Crippen molar-refractivity contribution in [3.63, 3.8) is 0 Å². The van der Waals surface area contributed by atoms with E-state index in [-0.39, 0.29) is 19.0 Å². The first-order valence-electron chi connectivity index (χ1n) is 19.2. The molecule has 0 saturated carbocycles. The van der Waals surface area contributed by atoms with E-state index in [2.05, 4.69) is 8.97 Å². The summed E-state index contributed by atoms with van der Waals surface area (Å²) in [5.74, 6) is -1.72. The Balaban J connectivity index is 1.58. The molecule has 4 aromatic heterocycles. The van der Waals surface area contributed by atoms with Gasteiger partial charge in [-0.25, -0.2) is 18.4 Å². The van der Waals surface area contributed by atoms with Crippen molar-refractivity contribution in [3.8, 4) is 39.2 Å². The number of aromatic nitrogens is 2. The van der Waals surface area contributed by atoms with E-state index < -0.39 is 17.8 Å². The van der Waals surface area contributed by atoms with Crippen LogP contribution in [0, 0.1) is 11.6 Å². The minimum absolute atomic E-state index is 0.168. The maximum atomic E-state index is 14.9. The van der Waals surface area contributed by atoms with Crippen molar-refractivity contribution in [2.75, 3.05) is 13.2 Å². The first-order chi connectivity index (χ1) is 28.4. The van der Waals surface area contributed by atoms with Gasteiger partial charge in [0.1, 0.15) is 11.6 Å². The summed E-state index contributed by atoms with van der Waals surface area (Å²) in [6.07, 6.45) is 0. The lowest BCUT2D eigenvalue weighted by Gasteiger charge is -2.25. The van der Waals surface area contributed by atoms with Gasteiger partial charge < -0.3 is 18.4 Å². The molecule has 10 rings (SSSR count). The second-order valence-electron chi connectivity index (χ2n) is 14.2. The van der Waals surface area contributed by atoms with Crippen LogP contribution in [0.25, 0.3) is 88.2 Å². The molecule has 0 radical (unpaired) electrons. The standard InChI is InChI=1S/C50H34F2N2O4/c1-3-57-49(55)42-36-17-10-11-20-39(36)53(44(42)31-13-6-5-7-14-31)47-41(30-23-27-33(52)28-24-30)37-18-12-19-38-43(50(56)58-4-2)46-35-16-9-8-15-34(35)40(48(47)54(46)45(37)38)29-21-25-32(51)26-22-29/h5-28H,3-4H2,1-2H3. The number of carbonyl (C=O) groups is 2. The molecule has 4 heterocycles. The Bertz CT molecular complexity index is 3240. The molecule has 6 aromatic carbocycles. The van der Waals surface area contributed by atoms with Crippen LogP contribution in [-0.2, 0) is 9.47 Å². The first-order valence-corrected chi connectivity index (χ1v) is 19.2. The number of fused-ring (bicyclic) bond motifs is 3. The molecule has 0 N–H and O–H groups in total. The summed E-state index contributed by atoms with van der Waals surface area (Å²) in [7, 11) is 0. The number of hydrogen-bond acceptors (Lipinski definition) is 4. The van der Waals surface area contributed by atoms with Crippen molar-refractivity contribution in [2.45, 2.75) is 13.8 Å². The van der Waals surface area contributed by atoms with Crippen molar-refractivity contribution in [2.24, 2.45) is 0 Å². The van der Waals surface area contributed by atoms with Gasteiger partial charge in [-0.2, -0.15) is 0 Å². The van der Waals surface area contributed by atoms with Crippen molar-refractivity contribution in [1.29, 1.82) is 0 Å². The van der Waals surface area contributed by atoms with Crippen LogP contribution >= 0.6 is 0 Å². The van der Waals surface area contributed by atoms with Crippen LogP contribution in [-0.4, -0.2) is 34.1 Å². The van der Waals surface area contributed by atoms with E-state index in [1.165, 1.54) is 24.3 Å². The van der Waals surface area contributed by atoms with Crippen LogP contribution in [0.2, 0.25) is 0 Å². The van der Waals surface area contributed by atoms with Gasteiger partial charge in [-0.05, 0) is 66.3 Å². The van der Waals surface area contributed by atoms with E-state index in [0.717, 1.165) is 49.4 Å². The number of hydrogen-bond donors (Lipinski definition) is 0. The fraction of sp³-hybridized carbons (Fsp3) is 0.0800. The zero-order valence-corrected chi connectivity index (χ0v) is 31.6. The molecular weight excluding hydrogens is 731 g/mol. The van der Waals surface area contributed by atoms with Gasteiger partial charge in [0.2, 0.25) is 0 Å². The topological polar surface area (TPSA) is 61.9 Å². The fourth-order valence-corrected chi connectivity index (χ4v) is 8.83. The van der Waals surface area contributed by atoms with Gasteiger partial charge in [0.25, 0.3) is 0 Å². The highest BCUT2D eigenvalue weighted by Crippen LogP contribution is 2.51. The molecule has 6 nitrogen and oxygen atoms in total. The van der Waals surface area contributed by atoms with Crippen LogP contribution in [0.4, 0.5) is 8.78 Å². The second kappa shape index (κ2) is 13.7. The monoisotopic (exact) mass is 764 g/mol. The largest absolute Gasteiger partial charge is 0.462 e. The number of carbonyl (C=O) groups excluding carboxylic acids is 2. The Morgan fingerprint density at radius 2 is 1.02 bits per heavy atom. The number of rotatable bonds is 8. The Hall–Kier alpha value is -7.32. The molecule has 0 aliphatic carbocycles. The minimum Gasteiger partial charge on any atom is -0.462 e. The summed E-state index contributed by atoms with van der Waals surface area (Å²) in [5.41, 5.74) is 8.58. The quantitative estimate of drug-likeness (QED) is 0.0878. The highest BCUT2D eigenvalue weighted by atomic mass is 19.1. The van der Waals surface area contributed by atoms with Gasteiger partial charge in [0.05, 0.1) is 57.8 Å². The number of benzene rings is 6. The normalized spacial score (nSPS) is 11.7. The van der Waals surface area contributed by atoms with Crippen LogP contribution < -0.4 is 0 Å². The van der Waals surface area contributed by atoms with Crippen LogP contribution in [0.15, 0.2) is 146 Å². The average Bonchev–Trinajstić information content (AvgIpc) is 3.78. The predicted molar refractivity (Wildman–Crippen MR) is 226 cm³/mol. The number of esters is 2. The zero-order valence-electron chi connectivity index (χ0n) is 31.6. The third-order valence-corrected chi connectivity index (χ3v) is 11.0. The number of para-hydroxylation sites is 2. The Morgan fingerprint density at radius 1 is 0.483 bits per heavy atom. The number of pyridine rings is 2. The molecule has 0 fully saturated rings. The third-order valence-electron chi connectivity index (χ3n) is 11.0. The predicted octanol–water partition coefficient (Wildman–Crippen LogP) is 12.4. The van der Waals surface area contributed by atoms with Gasteiger partial charge in [-0.3, -0.25) is 0 Å². The summed E-state index contributed by atoms with van der Waals surface area (Å²) in [4.78, 5) is 28.6. The molecule has 8 heteroatoms. The minimum atomic E-state index is -0.480. The summed E-state index contributed by atoms with van der Waals surface area (Å²) < 4.78 is 45.5. The molecule has 0 amide bonds. The van der Waals surface area contributed by atoms with Gasteiger partial charge >= 0.3 is 11.9 Å². The molecule has 0 unspecified atom stereocenters. The molecule has 0 spiro atoms. The molecule has 0 aliphatic heterocycles.